The van der Waals surface area contributed by atoms with Crippen LogP contribution in [-0.4, -0.2) is 20.1 Å². The second-order valence-electron chi connectivity index (χ2n) is 3.70. The van der Waals surface area contributed by atoms with Gasteiger partial charge in [0.25, 0.3) is 11.5 Å². The Hall–Kier alpha value is -2.45. The minimum Gasteiger partial charge on any atom is -0.262 e. The standard InChI is InChI=1S/C10H7F3N4O2/c11-10(12,13)9-14-8(15-16-9)5-6-1-3-7(4-2-6)17(18)19/h1-4H,5H2,(H,14,15,16). The molecule has 0 atom stereocenters. The number of benzene rings is 1. The lowest BCUT2D eigenvalue weighted by Crippen LogP contribution is -2.07. The Labute approximate surface area is 104 Å². The summed E-state index contributed by atoms with van der Waals surface area (Å²) in [5, 5.41) is 15.7. The van der Waals surface area contributed by atoms with Crippen molar-refractivity contribution in [2.75, 3.05) is 0 Å². The fourth-order valence-electron chi connectivity index (χ4n) is 1.43. The summed E-state index contributed by atoms with van der Waals surface area (Å²) in [6.07, 6.45) is -4.51. The molecule has 0 amide bonds. The Morgan fingerprint density at radius 1 is 1.26 bits per heavy atom. The number of H-pyrrole nitrogens is 1. The summed E-state index contributed by atoms with van der Waals surface area (Å²) >= 11 is 0. The van der Waals surface area contributed by atoms with Crippen LogP contribution < -0.4 is 0 Å². The smallest absolute Gasteiger partial charge is 0.262 e. The summed E-state index contributed by atoms with van der Waals surface area (Å²) in [5.41, 5.74) is 0.507. The van der Waals surface area contributed by atoms with Crippen LogP contribution in [0.4, 0.5) is 18.9 Å². The molecule has 0 spiro atoms. The highest BCUT2D eigenvalue weighted by atomic mass is 19.4. The fraction of sp³-hybridized carbons (Fsp3) is 0.200. The van der Waals surface area contributed by atoms with Crippen LogP contribution in [0.2, 0.25) is 0 Å². The lowest BCUT2D eigenvalue weighted by atomic mass is 10.1. The van der Waals surface area contributed by atoms with E-state index in [0.717, 1.165) is 0 Å². The van der Waals surface area contributed by atoms with Gasteiger partial charge < -0.3 is 0 Å². The van der Waals surface area contributed by atoms with E-state index in [2.05, 4.69) is 15.2 Å². The molecule has 0 fully saturated rings. The lowest BCUT2D eigenvalue weighted by molar-refractivity contribution is -0.384. The molecule has 0 saturated heterocycles. The Morgan fingerprint density at radius 3 is 2.37 bits per heavy atom. The largest absolute Gasteiger partial charge is 0.453 e. The summed E-state index contributed by atoms with van der Waals surface area (Å²) in [6.45, 7) is 0. The molecule has 9 heteroatoms. The van der Waals surface area contributed by atoms with Crippen molar-refractivity contribution in [3.05, 3.63) is 51.6 Å². The Kier molecular flexibility index (Phi) is 3.19. The minimum absolute atomic E-state index is 0.0428. The van der Waals surface area contributed by atoms with Gasteiger partial charge in [0.05, 0.1) is 4.92 Å². The van der Waals surface area contributed by atoms with Crippen molar-refractivity contribution >= 4 is 5.69 Å². The van der Waals surface area contributed by atoms with Crippen molar-refractivity contribution in [2.24, 2.45) is 0 Å². The topological polar surface area (TPSA) is 84.7 Å². The number of hydrogen-bond acceptors (Lipinski definition) is 4. The normalized spacial score (nSPS) is 11.5. The molecule has 2 rings (SSSR count). The van der Waals surface area contributed by atoms with E-state index in [1.54, 1.807) is 0 Å². The first-order valence-corrected chi connectivity index (χ1v) is 5.08. The first kappa shape index (κ1) is 13.0. The molecular weight excluding hydrogens is 265 g/mol. The van der Waals surface area contributed by atoms with Gasteiger partial charge in [-0.25, -0.2) is 4.98 Å². The molecular formula is C10H7F3N4O2. The number of rotatable bonds is 3. The van der Waals surface area contributed by atoms with Gasteiger partial charge in [0, 0.05) is 18.6 Å². The van der Waals surface area contributed by atoms with Crippen LogP contribution >= 0.6 is 0 Å². The number of nitro groups is 1. The number of aromatic nitrogens is 3. The Balaban J connectivity index is 2.13. The van der Waals surface area contributed by atoms with Crippen molar-refractivity contribution in [3.8, 4) is 0 Å². The summed E-state index contributed by atoms with van der Waals surface area (Å²) < 4.78 is 36.8. The molecule has 0 unspecified atom stereocenters. The average Bonchev–Trinajstić information content (AvgIpc) is 2.78. The zero-order chi connectivity index (χ0) is 14.0. The van der Waals surface area contributed by atoms with E-state index < -0.39 is 16.9 Å². The van der Waals surface area contributed by atoms with Crippen molar-refractivity contribution in [3.63, 3.8) is 0 Å². The number of hydrogen-bond donors (Lipinski definition) is 1. The molecule has 0 bridgehead atoms. The van der Waals surface area contributed by atoms with Crippen LogP contribution in [0.5, 0.6) is 0 Å². The van der Waals surface area contributed by atoms with E-state index in [1.807, 2.05) is 0 Å². The molecule has 0 saturated carbocycles. The van der Waals surface area contributed by atoms with Gasteiger partial charge in [-0.05, 0) is 5.56 Å². The van der Waals surface area contributed by atoms with Crippen molar-refractivity contribution in [2.45, 2.75) is 12.6 Å². The predicted molar refractivity (Wildman–Crippen MR) is 57.3 cm³/mol. The van der Waals surface area contributed by atoms with Crippen LogP contribution in [-0.2, 0) is 12.6 Å². The van der Waals surface area contributed by atoms with Gasteiger partial charge >= 0.3 is 6.18 Å². The number of alkyl halides is 3. The van der Waals surface area contributed by atoms with E-state index in [4.69, 9.17) is 0 Å². The summed E-state index contributed by atoms with van der Waals surface area (Å²) in [7, 11) is 0. The fourth-order valence-corrected chi connectivity index (χ4v) is 1.43. The molecule has 1 aromatic heterocycles. The highest BCUT2D eigenvalue weighted by Crippen LogP contribution is 2.25. The Morgan fingerprint density at radius 2 is 1.89 bits per heavy atom. The summed E-state index contributed by atoms with van der Waals surface area (Å²) in [4.78, 5) is 13.2. The van der Waals surface area contributed by atoms with Gasteiger partial charge in [-0.2, -0.15) is 13.2 Å². The molecule has 1 N–H and O–H groups in total. The third-order valence-electron chi connectivity index (χ3n) is 2.30. The number of nitro benzene ring substituents is 1. The predicted octanol–water partition coefficient (Wildman–Crippen LogP) is 2.32. The van der Waals surface area contributed by atoms with Gasteiger partial charge in [0.15, 0.2) is 0 Å². The zero-order valence-corrected chi connectivity index (χ0v) is 9.31. The van der Waals surface area contributed by atoms with Gasteiger partial charge in [0.2, 0.25) is 0 Å². The summed E-state index contributed by atoms with van der Waals surface area (Å²) in [6, 6.07) is 5.45. The van der Waals surface area contributed by atoms with E-state index in [0.29, 0.717) is 5.56 Å². The molecule has 6 nitrogen and oxygen atoms in total. The number of nitrogens with one attached hydrogen (secondary N) is 1. The van der Waals surface area contributed by atoms with Crippen LogP contribution in [0, 0.1) is 10.1 Å². The van der Waals surface area contributed by atoms with Gasteiger partial charge in [-0.15, -0.1) is 5.10 Å². The minimum atomic E-state index is -4.59. The third-order valence-corrected chi connectivity index (χ3v) is 2.30. The van der Waals surface area contributed by atoms with E-state index in [1.165, 1.54) is 24.3 Å². The van der Waals surface area contributed by atoms with Crippen LogP contribution in [0.25, 0.3) is 0 Å². The maximum absolute atomic E-state index is 12.3. The molecule has 0 aliphatic carbocycles. The number of non-ortho nitro benzene ring substituents is 1. The summed E-state index contributed by atoms with van der Waals surface area (Å²) in [5.74, 6) is -1.19. The molecule has 0 aliphatic rings. The van der Waals surface area contributed by atoms with Crippen molar-refractivity contribution in [1.82, 2.24) is 15.2 Å². The quantitative estimate of drug-likeness (QED) is 0.686. The monoisotopic (exact) mass is 272 g/mol. The average molecular weight is 272 g/mol. The number of halogens is 3. The lowest BCUT2D eigenvalue weighted by Gasteiger charge is -1.98. The molecule has 19 heavy (non-hydrogen) atoms. The SMILES string of the molecule is O=[N+]([O-])c1ccc(Cc2nc(C(F)(F)F)n[nH]2)cc1. The molecule has 100 valence electrons. The van der Waals surface area contributed by atoms with E-state index in [9.17, 15) is 23.3 Å². The molecule has 2 aromatic rings. The van der Waals surface area contributed by atoms with Crippen LogP contribution in [0.1, 0.15) is 17.2 Å². The van der Waals surface area contributed by atoms with Crippen molar-refractivity contribution < 1.29 is 18.1 Å². The van der Waals surface area contributed by atoms with Crippen molar-refractivity contribution in [1.29, 1.82) is 0 Å². The van der Waals surface area contributed by atoms with E-state index >= 15 is 0 Å². The number of nitrogens with zero attached hydrogens (tertiary/aromatic N) is 3. The third kappa shape index (κ3) is 3.06. The first-order chi connectivity index (χ1) is 8.86. The maximum Gasteiger partial charge on any atom is 0.453 e. The molecule has 1 heterocycles. The number of aromatic amines is 1. The Bertz CT molecular complexity index is 592. The molecule has 0 radical (unpaired) electrons. The highest BCUT2D eigenvalue weighted by molar-refractivity contribution is 5.33. The molecule has 1 aromatic carbocycles. The first-order valence-electron chi connectivity index (χ1n) is 5.08. The second kappa shape index (κ2) is 4.67. The zero-order valence-electron chi connectivity index (χ0n) is 9.31. The van der Waals surface area contributed by atoms with Gasteiger partial charge in [0.1, 0.15) is 5.82 Å². The van der Waals surface area contributed by atoms with Gasteiger partial charge in [-0.1, -0.05) is 12.1 Å². The molecule has 0 aliphatic heterocycles. The maximum atomic E-state index is 12.3. The van der Waals surface area contributed by atoms with E-state index in [-0.39, 0.29) is 17.9 Å². The second-order valence-corrected chi connectivity index (χ2v) is 3.70. The van der Waals surface area contributed by atoms with Crippen LogP contribution in [0.15, 0.2) is 24.3 Å². The van der Waals surface area contributed by atoms with Crippen LogP contribution in [0.3, 0.4) is 0 Å². The van der Waals surface area contributed by atoms with Gasteiger partial charge in [-0.3, -0.25) is 15.2 Å². The highest BCUT2D eigenvalue weighted by Gasteiger charge is 2.35.